The molecule has 3 N–H and O–H groups in total. The number of hydrogen-bond donors (Lipinski definition) is 2. The molecule has 0 spiro atoms. The van der Waals surface area contributed by atoms with Gasteiger partial charge in [0.25, 0.3) is 0 Å². The highest BCUT2D eigenvalue weighted by Crippen LogP contribution is 2.28. The first-order valence-corrected chi connectivity index (χ1v) is 5.56. The second kappa shape index (κ2) is 5.17. The van der Waals surface area contributed by atoms with Crippen LogP contribution in [0.5, 0.6) is 5.75 Å². The number of benzene rings is 1. The molecule has 0 aromatic heterocycles. The molecule has 0 aliphatic rings. The number of nitrogens with two attached hydrogens (primary N) is 1. The molecule has 1 aromatic carbocycles. The van der Waals surface area contributed by atoms with Crippen molar-refractivity contribution in [1.29, 1.82) is 0 Å². The molecule has 0 bridgehead atoms. The second-order valence-electron chi connectivity index (χ2n) is 4.20. The normalized spacial score (nSPS) is 10.7. The molecule has 2 nitrogen and oxygen atoms in total. The smallest absolute Gasteiger partial charge is 0.121 e. The summed E-state index contributed by atoms with van der Waals surface area (Å²) >= 11 is 0. The standard InChI is InChI=1S/C13H21NO/c1-9-8-12(6-4-5-7-14)10(2)11(3)13(9)15/h8,15H,4-7,14H2,1-3H3. The predicted octanol–water partition coefficient (Wildman–Crippen LogP) is 2.60. The largest absolute Gasteiger partial charge is 0.507 e. The average molecular weight is 207 g/mol. The maximum atomic E-state index is 9.76. The monoisotopic (exact) mass is 207 g/mol. The van der Waals surface area contributed by atoms with Crippen molar-refractivity contribution >= 4 is 0 Å². The average Bonchev–Trinajstić information content (AvgIpc) is 2.23. The molecule has 1 rings (SSSR count). The van der Waals surface area contributed by atoms with E-state index in [0.29, 0.717) is 5.75 Å². The van der Waals surface area contributed by atoms with E-state index >= 15 is 0 Å². The van der Waals surface area contributed by atoms with E-state index < -0.39 is 0 Å². The fraction of sp³-hybridized carbons (Fsp3) is 0.538. The third-order valence-electron chi connectivity index (χ3n) is 3.06. The van der Waals surface area contributed by atoms with Crippen molar-refractivity contribution < 1.29 is 5.11 Å². The van der Waals surface area contributed by atoms with Crippen LogP contribution in [0.1, 0.15) is 35.1 Å². The van der Waals surface area contributed by atoms with E-state index in [1.54, 1.807) is 0 Å². The molecule has 84 valence electrons. The van der Waals surface area contributed by atoms with Gasteiger partial charge in [0.1, 0.15) is 5.75 Å². The molecule has 0 atom stereocenters. The first-order chi connectivity index (χ1) is 7.07. The van der Waals surface area contributed by atoms with Crippen molar-refractivity contribution in [3.05, 3.63) is 28.3 Å². The van der Waals surface area contributed by atoms with Crippen LogP contribution in [0.2, 0.25) is 0 Å². The van der Waals surface area contributed by atoms with Gasteiger partial charge in [0, 0.05) is 0 Å². The molecule has 0 saturated heterocycles. The lowest BCUT2D eigenvalue weighted by atomic mass is 9.95. The van der Waals surface area contributed by atoms with Gasteiger partial charge < -0.3 is 10.8 Å². The Kier molecular flexibility index (Phi) is 4.15. The third-order valence-corrected chi connectivity index (χ3v) is 3.06. The lowest BCUT2D eigenvalue weighted by molar-refractivity contribution is 0.466. The molecule has 0 fully saturated rings. The molecule has 0 aliphatic carbocycles. The highest BCUT2D eigenvalue weighted by Gasteiger charge is 2.08. The highest BCUT2D eigenvalue weighted by molar-refractivity contribution is 5.48. The maximum Gasteiger partial charge on any atom is 0.121 e. The number of phenolic OH excluding ortho intramolecular Hbond substituents is 1. The van der Waals surface area contributed by atoms with Gasteiger partial charge in [-0.15, -0.1) is 0 Å². The lowest BCUT2D eigenvalue weighted by Crippen LogP contribution is -2.01. The summed E-state index contributed by atoms with van der Waals surface area (Å²) in [4.78, 5) is 0. The lowest BCUT2D eigenvalue weighted by Gasteiger charge is -2.12. The van der Waals surface area contributed by atoms with Crippen LogP contribution in [0.4, 0.5) is 0 Å². The zero-order valence-corrected chi connectivity index (χ0v) is 9.93. The molecule has 0 radical (unpaired) electrons. The van der Waals surface area contributed by atoms with Gasteiger partial charge in [-0.25, -0.2) is 0 Å². The molecule has 0 amide bonds. The van der Waals surface area contributed by atoms with Gasteiger partial charge in [0.15, 0.2) is 0 Å². The van der Waals surface area contributed by atoms with Crippen molar-refractivity contribution in [3.8, 4) is 5.75 Å². The maximum absolute atomic E-state index is 9.76. The topological polar surface area (TPSA) is 46.2 Å². The number of aromatic hydroxyl groups is 1. The second-order valence-corrected chi connectivity index (χ2v) is 4.20. The van der Waals surface area contributed by atoms with Gasteiger partial charge in [-0.2, -0.15) is 0 Å². The fourth-order valence-electron chi connectivity index (χ4n) is 1.87. The zero-order chi connectivity index (χ0) is 11.4. The fourth-order valence-corrected chi connectivity index (χ4v) is 1.87. The molecular formula is C13H21NO. The molecule has 0 aliphatic heterocycles. The Morgan fingerprint density at radius 3 is 2.40 bits per heavy atom. The summed E-state index contributed by atoms with van der Waals surface area (Å²) in [6, 6.07) is 2.09. The molecule has 0 saturated carbocycles. The van der Waals surface area contributed by atoms with Crippen LogP contribution in [0, 0.1) is 20.8 Å². The van der Waals surface area contributed by atoms with Crippen molar-refractivity contribution in [3.63, 3.8) is 0 Å². The van der Waals surface area contributed by atoms with E-state index in [0.717, 1.165) is 36.9 Å². The minimum absolute atomic E-state index is 0.440. The van der Waals surface area contributed by atoms with Crippen LogP contribution in [0.15, 0.2) is 6.07 Å². The third kappa shape index (κ3) is 2.72. The number of hydrogen-bond acceptors (Lipinski definition) is 2. The van der Waals surface area contributed by atoms with Gasteiger partial charge in [0.05, 0.1) is 0 Å². The van der Waals surface area contributed by atoms with Crippen LogP contribution in [0.25, 0.3) is 0 Å². The van der Waals surface area contributed by atoms with Gasteiger partial charge in [-0.1, -0.05) is 6.07 Å². The van der Waals surface area contributed by atoms with Crippen molar-refractivity contribution in [2.45, 2.75) is 40.0 Å². The number of phenols is 1. The van der Waals surface area contributed by atoms with Crippen LogP contribution < -0.4 is 5.73 Å². The minimum Gasteiger partial charge on any atom is -0.507 e. The van der Waals surface area contributed by atoms with Crippen LogP contribution in [0.3, 0.4) is 0 Å². The van der Waals surface area contributed by atoms with E-state index in [1.807, 2.05) is 13.8 Å². The van der Waals surface area contributed by atoms with Gasteiger partial charge in [-0.05, 0) is 68.8 Å². The van der Waals surface area contributed by atoms with Crippen molar-refractivity contribution in [2.24, 2.45) is 5.73 Å². The van der Waals surface area contributed by atoms with Crippen LogP contribution in [-0.4, -0.2) is 11.7 Å². The molecule has 0 heterocycles. The summed E-state index contributed by atoms with van der Waals surface area (Å²) in [5.41, 5.74) is 10.0. The summed E-state index contributed by atoms with van der Waals surface area (Å²) in [6.45, 7) is 6.76. The van der Waals surface area contributed by atoms with Gasteiger partial charge in [0.2, 0.25) is 0 Å². The molecule has 0 unspecified atom stereocenters. The van der Waals surface area contributed by atoms with E-state index in [4.69, 9.17) is 5.73 Å². The van der Waals surface area contributed by atoms with E-state index in [9.17, 15) is 5.11 Å². The van der Waals surface area contributed by atoms with E-state index in [1.165, 1.54) is 11.1 Å². The Morgan fingerprint density at radius 1 is 1.13 bits per heavy atom. The summed E-state index contributed by atoms with van der Waals surface area (Å²) in [6.07, 6.45) is 3.25. The van der Waals surface area contributed by atoms with E-state index in [2.05, 4.69) is 13.0 Å². The quantitative estimate of drug-likeness (QED) is 0.745. The van der Waals surface area contributed by atoms with Crippen LogP contribution >= 0.6 is 0 Å². The Hall–Kier alpha value is -1.02. The Morgan fingerprint density at radius 2 is 1.80 bits per heavy atom. The summed E-state index contributed by atoms with van der Waals surface area (Å²) < 4.78 is 0. The molecular weight excluding hydrogens is 186 g/mol. The summed E-state index contributed by atoms with van der Waals surface area (Å²) in [5, 5.41) is 9.76. The first-order valence-electron chi connectivity index (χ1n) is 5.56. The molecule has 15 heavy (non-hydrogen) atoms. The summed E-state index contributed by atoms with van der Waals surface area (Å²) in [7, 11) is 0. The highest BCUT2D eigenvalue weighted by atomic mass is 16.3. The van der Waals surface area contributed by atoms with Gasteiger partial charge >= 0.3 is 0 Å². The number of rotatable bonds is 4. The van der Waals surface area contributed by atoms with Crippen molar-refractivity contribution in [2.75, 3.05) is 6.54 Å². The Balaban J connectivity index is 2.89. The number of aryl methyl sites for hydroxylation is 2. The predicted molar refractivity (Wildman–Crippen MR) is 64.3 cm³/mol. The Bertz CT molecular complexity index is 345. The SMILES string of the molecule is Cc1cc(CCCCN)c(C)c(C)c1O. The first kappa shape index (κ1) is 12.1. The Labute approximate surface area is 92.1 Å². The molecule has 1 aromatic rings. The molecule has 2 heteroatoms. The number of unbranched alkanes of at least 4 members (excludes halogenated alkanes) is 1. The van der Waals surface area contributed by atoms with Crippen LogP contribution in [-0.2, 0) is 6.42 Å². The van der Waals surface area contributed by atoms with Gasteiger partial charge in [-0.3, -0.25) is 0 Å². The minimum atomic E-state index is 0.440. The van der Waals surface area contributed by atoms with E-state index in [-0.39, 0.29) is 0 Å². The van der Waals surface area contributed by atoms with Crippen molar-refractivity contribution in [1.82, 2.24) is 0 Å². The zero-order valence-electron chi connectivity index (χ0n) is 9.93. The summed E-state index contributed by atoms with van der Waals surface area (Å²) in [5.74, 6) is 0.440.